The Hall–Kier alpha value is -1.35. The SMILES string of the molecule is CC(C)Cc1cccc(C(=O)N[C@@H](CN(C)C)C2CCCCC2)c1. The highest BCUT2D eigenvalue weighted by atomic mass is 16.1. The van der Waals surface area contributed by atoms with E-state index in [0.717, 1.165) is 18.5 Å². The van der Waals surface area contributed by atoms with Crippen molar-refractivity contribution < 1.29 is 4.79 Å². The molecule has 1 saturated carbocycles. The zero-order valence-corrected chi connectivity index (χ0v) is 15.8. The van der Waals surface area contributed by atoms with E-state index >= 15 is 0 Å². The first-order chi connectivity index (χ1) is 11.5. The van der Waals surface area contributed by atoms with Crippen LogP contribution in [0.3, 0.4) is 0 Å². The highest BCUT2D eigenvalue weighted by Gasteiger charge is 2.26. The summed E-state index contributed by atoms with van der Waals surface area (Å²) in [6.45, 7) is 5.34. The standard InChI is InChI=1S/C21H34N2O/c1-16(2)13-17-9-8-12-19(14-17)21(24)22-20(15-23(3)4)18-10-6-5-7-11-18/h8-9,12,14,16,18,20H,5-7,10-11,13,15H2,1-4H3,(H,22,24)/t20-/m0/s1. The van der Waals surface area contributed by atoms with Gasteiger partial charge in [0.05, 0.1) is 0 Å². The Morgan fingerprint density at radius 1 is 1.21 bits per heavy atom. The third-order valence-corrected chi connectivity index (χ3v) is 4.93. The van der Waals surface area contributed by atoms with Crippen molar-refractivity contribution in [2.45, 2.75) is 58.4 Å². The van der Waals surface area contributed by atoms with E-state index in [4.69, 9.17) is 0 Å². The maximum atomic E-state index is 12.8. The number of rotatable bonds is 7. The van der Waals surface area contributed by atoms with Crippen LogP contribution in [0.1, 0.15) is 61.9 Å². The zero-order valence-electron chi connectivity index (χ0n) is 15.8. The molecule has 1 N–H and O–H groups in total. The maximum Gasteiger partial charge on any atom is 0.251 e. The third kappa shape index (κ3) is 5.94. The molecule has 1 atom stereocenters. The fourth-order valence-corrected chi connectivity index (χ4v) is 3.81. The second-order valence-corrected chi connectivity index (χ2v) is 8.04. The molecule has 2 rings (SSSR count). The van der Waals surface area contributed by atoms with Crippen LogP contribution < -0.4 is 5.32 Å². The van der Waals surface area contributed by atoms with Gasteiger partial charge in [-0.15, -0.1) is 0 Å². The first kappa shape index (κ1) is 19.0. The van der Waals surface area contributed by atoms with Crippen LogP contribution in [0.4, 0.5) is 0 Å². The van der Waals surface area contributed by atoms with Crippen LogP contribution >= 0.6 is 0 Å². The first-order valence-electron chi connectivity index (χ1n) is 9.50. The molecule has 0 unspecified atom stereocenters. The van der Waals surface area contributed by atoms with E-state index in [1.165, 1.54) is 37.7 Å². The lowest BCUT2D eigenvalue weighted by Gasteiger charge is -2.32. The van der Waals surface area contributed by atoms with Gasteiger partial charge in [0, 0.05) is 18.2 Å². The minimum Gasteiger partial charge on any atom is -0.348 e. The van der Waals surface area contributed by atoms with Crippen molar-refractivity contribution in [1.82, 2.24) is 10.2 Å². The quantitative estimate of drug-likeness (QED) is 0.815. The summed E-state index contributed by atoms with van der Waals surface area (Å²) in [4.78, 5) is 15.0. The van der Waals surface area contributed by atoms with E-state index in [9.17, 15) is 4.79 Å². The van der Waals surface area contributed by atoms with Crippen LogP contribution in [0.25, 0.3) is 0 Å². The number of carbonyl (C=O) groups is 1. The highest BCUT2D eigenvalue weighted by Crippen LogP contribution is 2.27. The minimum atomic E-state index is 0.0815. The number of hydrogen-bond acceptors (Lipinski definition) is 2. The molecule has 0 saturated heterocycles. The predicted octanol–water partition coefficient (Wildman–Crippen LogP) is 4.13. The van der Waals surface area contributed by atoms with Crippen molar-refractivity contribution in [2.24, 2.45) is 11.8 Å². The van der Waals surface area contributed by atoms with Crippen molar-refractivity contribution in [3.8, 4) is 0 Å². The molecule has 24 heavy (non-hydrogen) atoms. The number of carbonyl (C=O) groups excluding carboxylic acids is 1. The molecule has 0 radical (unpaired) electrons. The minimum absolute atomic E-state index is 0.0815. The van der Waals surface area contributed by atoms with E-state index < -0.39 is 0 Å². The summed E-state index contributed by atoms with van der Waals surface area (Å²) in [5.74, 6) is 1.30. The molecule has 0 aromatic heterocycles. The van der Waals surface area contributed by atoms with Crippen LogP contribution in [0, 0.1) is 11.8 Å². The number of amides is 1. The summed E-state index contributed by atoms with van der Waals surface area (Å²) in [7, 11) is 4.18. The largest absolute Gasteiger partial charge is 0.348 e. The van der Waals surface area contributed by atoms with E-state index in [-0.39, 0.29) is 11.9 Å². The van der Waals surface area contributed by atoms with Crippen LogP contribution in [-0.4, -0.2) is 37.5 Å². The highest BCUT2D eigenvalue weighted by molar-refractivity contribution is 5.94. The fourth-order valence-electron chi connectivity index (χ4n) is 3.81. The van der Waals surface area contributed by atoms with Crippen molar-refractivity contribution in [3.63, 3.8) is 0 Å². The molecule has 1 aromatic carbocycles. The second-order valence-electron chi connectivity index (χ2n) is 8.04. The van der Waals surface area contributed by atoms with Crippen LogP contribution in [0.5, 0.6) is 0 Å². The van der Waals surface area contributed by atoms with Gasteiger partial charge in [-0.1, -0.05) is 45.2 Å². The van der Waals surface area contributed by atoms with Crippen LogP contribution in [0.2, 0.25) is 0 Å². The molecule has 3 nitrogen and oxygen atoms in total. The molecule has 1 aliphatic carbocycles. The normalized spacial score (nSPS) is 17.2. The lowest BCUT2D eigenvalue weighted by molar-refractivity contribution is 0.0899. The van der Waals surface area contributed by atoms with Gasteiger partial charge >= 0.3 is 0 Å². The monoisotopic (exact) mass is 330 g/mol. The lowest BCUT2D eigenvalue weighted by atomic mass is 9.83. The van der Waals surface area contributed by atoms with Gasteiger partial charge in [-0.2, -0.15) is 0 Å². The fraction of sp³-hybridized carbons (Fsp3) is 0.667. The Kier molecular flexibility index (Phi) is 7.29. The summed E-state index contributed by atoms with van der Waals surface area (Å²) >= 11 is 0. The topological polar surface area (TPSA) is 32.3 Å². The summed E-state index contributed by atoms with van der Waals surface area (Å²) < 4.78 is 0. The number of benzene rings is 1. The molecule has 3 heteroatoms. The molecule has 1 aromatic rings. The number of nitrogens with one attached hydrogen (secondary N) is 1. The first-order valence-corrected chi connectivity index (χ1v) is 9.50. The van der Waals surface area contributed by atoms with E-state index in [2.05, 4.69) is 50.3 Å². The van der Waals surface area contributed by atoms with E-state index in [1.54, 1.807) is 0 Å². The zero-order chi connectivity index (χ0) is 17.5. The molecule has 0 bridgehead atoms. The average molecular weight is 331 g/mol. The van der Waals surface area contributed by atoms with Crippen molar-refractivity contribution in [3.05, 3.63) is 35.4 Å². The van der Waals surface area contributed by atoms with Gasteiger partial charge < -0.3 is 10.2 Å². The third-order valence-electron chi connectivity index (χ3n) is 4.93. The van der Waals surface area contributed by atoms with Gasteiger partial charge in [-0.25, -0.2) is 0 Å². The molecule has 0 aliphatic heterocycles. The number of likely N-dealkylation sites (N-methyl/N-ethyl adjacent to an activating group) is 1. The molecule has 0 heterocycles. The average Bonchev–Trinajstić information content (AvgIpc) is 2.54. The maximum absolute atomic E-state index is 12.8. The van der Waals surface area contributed by atoms with Gasteiger partial charge in [0.25, 0.3) is 5.91 Å². The Morgan fingerprint density at radius 2 is 1.92 bits per heavy atom. The van der Waals surface area contributed by atoms with Crippen LogP contribution in [0.15, 0.2) is 24.3 Å². The Balaban J connectivity index is 2.05. The Bertz CT molecular complexity index is 518. The van der Waals surface area contributed by atoms with Crippen LogP contribution in [-0.2, 0) is 6.42 Å². The molecular weight excluding hydrogens is 296 g/mol. The van der Waals surface area contributed by atoms with Crippen molar-refractivity contribution in [1.29, 1.82) is 0 Å². The summed E-state index contributed by atoms with van der Waals surface area (Å²) in [6, 6.07) is 8.38. The van der Waals surface area contributed by atoms with Gasteiger partial charge in [0.2, 0.25) is 0 Å². The number of hydrogen-bond donors (Lipinski definition) is 1. The van der Waals surface area contributed by atoms with E-state index in [0.29, 0.717) is 11.8 Å². The lowest BCUT2D eigenvalue weighted by Crippen LogP contribution is -2.47. The van der Waals surface area contributed by atoms with Gasteiger partial charge in [0.1, 0.15) is 0 Å². The van der Waals surface area contributed by atoms with Gasteiger partial charge in [0.15, 0.2) is 0 Å². The van der Waals surface area contributed by atoms with Crippen molar-refractivity contribution >= 4 is 5.91 Å². The summed E-state index contributed by atoms with van der Waals surface area (Å²) in [5.41, 5.74) is 2.05. The summed E-state index contributed by atoms with van der Waals surface area (Å²) in [5, 5.41) is 3.33. The molecule has 1 amide bonds. The van der Waals surface area contributed by atoms with Gasteiger partial charge in [-0.05, 0) is 62.9 Å². The molecular formula is C21H34N2O. The predicted molar refractivity (Wildman–Crippen MR) is 101 cm³/mol. The molecule has 134 valence electrons. The summed E-state index contributed by atoms with van der Waals surface area (Å²) in [6.07, 6.45) is 7.45. The number of nitrogens with zero attached hydrogens (tertiary/aromatic N) is 1. The Labute approximate surface area is 147 Å². The molecule has 0 spiro atoms. The Morgan fingerprint density at radius 3 is 2.54 bits per heavy atom. The van der Waals surface area contributed by atoms with E-state index in [1.807, 2.05) is 12.1 Å². The van der Waals surface area contributed by atoms with Gasteiger partial charge in [-0.3, -0.25) is 4.79 Å². The van der Waals surface area contributed by atoms with Crippen molar-refractivity contribution in [2.75, 3.05) is 20.6 Å². The molecule has 1 fully saturated rings. The second kappa shape index (κ2) is 9.22. The molecule has 1 aliphatic rings. The smallest absolute Gasteiger partial charge is 0.251 e.